The molecule has 72 valence electrons. The molecule has 2 rings (SSSR count). The minimum absolute atomic E-state index is 0.200. The molecule has 1 fully saturated rings. The van der Waals surface area contributed by atoms with Crippen molar-refractivity contribution in [1.82, 2.24) is 10.1 Å². The molecular formula is C8H13N3O2. The van der Waals surface area contributed by atoms with E-state index < -0.39 is 0 Å². The van der Waals surface area contributed by atoms with E-state index in [1.54, 1.807) is 0 Å². The van der Waals surface area contributed by atoms with Crippen molar-refractivity contribution in [1.29, 1.82) is 0 Å². The van der Waals surface area contributed by atoms with E-state index in [0.29, 0.717) is 12.3 Å². The zero-order chi connectivity index (χ0) is 9.10. The van der Waals surface area contributed by atoms with Crippen LogP contribution >= 0.6 is 0 Å². The van der Waals surface area contributed by atoms with Gasteiger partial charge in [-0.3, -0.25) is 0 Å². The maximum absolute atomic E-state index is 5.52. The molecule has 2 heterocycles. The lowest BCUT2D eigenvalue weighted by Gasteiger charge is -2.20. The third kappa shape index (κ3) is 2.18. The van der Waals surface area contributed by atoms with Gasteiger partial charge in [0.15, 0.2) is 0 Å². The normalized spacial score (nSPS) is 23.2. The number of ether oxygens (including phenoxy) is 1. The van der Waals surface area contributed by atoms with Gasteiger partial charge in [0.05, 0.1) is 12.5 Å². The first-order valence-corrected chi connectivity index (χ1v) is 4.54. The molecule has 1 aliphatic heterocycles. The summed E-state index contributed by atoms with van der Waals surface area (Å²) in [5.74, 6) is 0.773. The zero-order valence-electron chi connectivity index (χ0n) is 7.40. The molecular weight excluding hydrogens is 170 g/mol. The van der Waals surface area contributed by atoms with Crippen LogP contribution in [0.15, 0.2) is 4.52 Å². The minimum atomic E-state index is 0.200. The van der Waals surface area contributed by atoms with Crippen LogP contribution in [0.4, 0.5) is 5.95 Å². The lowest BCUT2D eigenvalue weighted by Crippen LogP contribution is -2.21. The highest BCUT2D eigenvalue weighted by Gasteiger charge is 2.17. The topological polar surface area (TPSA) is 74.2 Å². The molecule has 5 nitrogen and oxygen atoms in total. The van der Waals surface area contributed by atoms with E-state index in [1.807, 2.05) is 0 Å². The van der Waals surface area contributed by atoms with Gasteiger partial charge in [0.1, 0.15) is 0 Å². The number of nitrogens with zero attached hydrogens (tertiary/aromatic N) is 2. The fourth-order valence-electron chi connectivity index (χ4n) is 1.51. The van der Waals surface area contributed by atoms with Crippen molar-refractivity contribution in [2.75, 3.05) is 12.3 Å². The third-order valence-electron chi connectivity index (χ3n) is 2.16. The first-order valence-electron chi connectivity index (χ1n) is 4.54. The highest BCUT2D eigenvalue weighted by atomic mass is 16.5. The van der Waals surface area contributed by atoms with Crippen LogP contribution in [-0.2, 0) is 11.2 Å². The van der Waals surface area contributed by atoms with Crippen LogP contribution in [0.1, 0.15) is 25.2 Å². The van der Waals surface area contributed by atoms with Crippen LogP contribution in [0, 0.1) is 0 Å². The van der Waals surface area contributed by atoms with Gasteiger partial charge in [-0.25, -0.2) is 0 Å². The summed E-state index contributed by atoms with van der Waals surface area (Å²) in [4.78, 5) is 3.92. The van der Waals surface area contributed by atoms with Crippen LogP contribution in [0.2, 0.25) is 0 Å². The molecule has 0 bridgehead atoms. The molecule has 1 unspecified atom stereocenters. The Labute approximate surface area is 76.3 Å². The quantitative estimate of drug-likeness (QED) is 0.732. The smallest absolute Gasteiger partial charge is 0.260 e. The Morgan fingerprint density at radius 3 is 3.00 bits per heavy atom. The van der Waals surface area contributed by atoms with Gasteiger partial charge in [-0.2, -0.15) is 4.98 Å². The molecule has 1 aromatic rings. The van der Waals surface area contributed by atoms with Crippen molar-refractivity contribution >= 4 is 5.95 Å². The molecule has 0 amide bonds. The Morgan fingerprint density at radius 1 is 1.46 bits per heavy atom. The van der Waals surface area contributed by atoms with Crippen molar-refractivity contribution in [3.63, 3.8) is 0 Å². The lowest BCUT2D eigenvalue weighted by atomic mass is 10.1. The van der Waals surface area contributed by atoms with Crippen molar-refractivity contribution in [3.8, 4) is 0 Å². The van der Waals surface area contributed by atoms with Gasteiger partial charge in [0, 0.05) is 6.61 Å². The monoisotopic (exact) mass is 183 g/mol. The van der Waals surface area contributed by atoms with Crippen molar-refractivity contribution in [2.45, 2.75) is 31.8 Å². The van der Waals surface area contributed by atoms with Gasteiger partial charge in [0.2, 0.25) is 5.89 Å². The van der Waals surface area contributed by atoms with E-state index in [0.717, 1.165) is 19.4 Å². The lowest BCUT2D eigenvalue weighted by molar-refractivity contribution is 0.0124. The predicted octanol–water partition coefficient (Wildman–Crippen LogP) is 0.763. The highest BCUT2D eigenvalue weighted by Crippen LogP contribution is 2.16. The summed E-state index contributed by atoms with van der Waals surface area (Å²) in [6, 6.07) is 0. The third-order valence-corrected chi connectivity index (χ3v) is 2.16. The molecule has 1 aromatic heterocycles. The number of aromatic nitrogens is 2. The second-order valence-electron chi connectivity index (χ2n) is 3.24. The second kappa shape index (κ2) is 3.74. The van der Waals surface area contributed by atoms with Gasteiger partial charge in [-0.05, 0) is 24.4 Å². The summed E-state index contributed by atoms with van der Waals surface area (Å²) < 4.78 is 10.4. The van der Waals surface area contributed by atoms with Gasteiger partial charge in [0.25, 0.3) is 5.95 Å². The molecule has 13 heavy (non-hydrogen) atoms. The average molecular weight is 183 g/mol. The molecule has 0 saturated carbocycles. The standard InChI is InChI=1S/C8H13N3O2/c9-8-10-7(13-11-8)5-6-3-1-2-4-12-6/h6H,1-5H2,(H2,9,11). The molecule has 0 spiro atoms. The fraction of sp³-hybridized carbons (Fsp3) is 0.750. The van der Waals surface area contributed by atoms with Gasteiger partial charge < -0.3 is 15.0 Å². The number of hydrogen-bond donors (Lipinski definition) is 1. The van der Waals surface area contributed by atoms with Gasteiger partial charge >= 0.3 is 0 Å². The van der Waals surface area contributed by atoms with Crippen LogP contribution in [0.25, 0.3) is 0 Å². The molecule has 0 aromatic carbocycles. The average Bonchev–Trinajstić information content (AvgIpc) is 2.53. The van der Waals surface area contributed by atoms with E-state index in [2.05, 4.69) is 10.1 Å². The summed E-state index contributed by atoms with van der Waals surface area (Å²) in [5.41, 5.74) is 5.33. The maximum Gasteiger partial charge on any atom is 0.260 e. The Hall–Kier alpha value is -1.10. The largest absolute Gasteiger partial charge is 0.378 e. The minimum Gasteiger partial charge on any atom is -0.378 e. The number of nitrogens with two attached hydrogens (primary N) is 1. The van der Waals surface area contributed by atoms with Gasteiger partial charge in [-0.15, -0.1) is 0 Å². The highest BCUT2D eigenvalue weighted by molar-refractivity contribution is 5.10. The summed E-state index contributed by atoms with van der Waals surface area (Å²) in [7, 11) is 0. The first kappa shape index (κ1) is 8.50. The number of hydrogen-bond acceptors (Lipinski definition) is 5. The summed E-state index contributed by atoms with van der Waals surface area (Å²) >= 11 is 0. The zero-order valence-corrected chi connectivity index (χ0v) is 7.40. The van der Waals surface area contributed by atoms with E-state index in [9.17, 15) is 0 Å². The predicted molar refractivity (Wildman–Crippen MR) is 46.0 cm³/mol. The second-order valence-corrected chi connectivity index (χ2v) is 3.24. The SMILES string of the molecule is Nc1noc(CC2CCCCO2)n1. The number of anilines is 1. The van der Waals surface area contributed by atoms with E-state index in [-0.39, 0.29) is 12.1 Å². The molecule has 1 saturated heterocycles. The van der Waals surface area contributed by atoms with E-state index in [4.69, 9.17) is 15.0 Å². The molecule has 1 aliphatic rings. The van der Waals surface area contributed by atoms with Gasteiger partial charge in [-0.1, -0.05) is 0 Å². The molecule has 0 aliphatic carbocycles. The first-order chi connectivity index (χ1) is 6.34. The summed E-state index contributed by atoms with van der Waals surface area (Å²) in [5, 5.41) is 3.52. The number of nitrogen functional groups attached to an aromatic ring is 1. The van der Waals surface area contributed by atoms with Crippen molar-refractivity contribution in [2.24, 2.45) is 0 Å². The Kier molecular flexibility index (Phi) is 2.44. The van der Waals surface area contributed by atoms with Crippen LogP contribution < -0.4 is 5.73 Å². The Bertz CT molecular complexity index is 268. The molecule has 1 atom stereocenters. The van der Waals surface area contributed by atoms with Crippen LogP contribution in [0.5, 0.6) is 0 Å². The van der Waals surface area contributed by atoms with E-state index >= 15 is 0 Å². The van der Waals surface area contributed by atoms with E-state index in [1.165, 1.54) is 6.42 Å². The Morgan fingerprint density at radius 2 is 2.38 bits per heavy atom. The molecule has 2 N–H and O–H groups in total. The summed E-state index contributed by atoms with van der Waals surface area (Å²) in [6.45, 7) is 0.842. The van der Waals surface area contributed by atoms with Crippen molar-refractivity contribution in [3.05, 3.63) is 5.89 Å². The molecule has 0 radical (unpaired) electrons. The fourth-order valence-corrected chi connectivity index (χ4v) is 1.51. The number of rotatable bonds is 2. The van der Waals surface area contributed by atoms with Crippen molar-refractivity contribution < 1.29 is 9.26 Å². The maximum atomic E-state index is 5.52. The Balaban J connectivity index is 1.89. The molecule has 5 heteroatoms. The van der Waals surface area contributed by atoms with Crippen LogP contribution in [-0.4, -0.2) is 22.9 Å². The van der Waals surface area contributed by atoms with Crippen LogP contribution in [0.3, 0.4) is 0 Å². The summed E-state index contributed by atoms with van der Waals surface area (Å²) in [6.07, 6.45) is 4.36.